The van der Waals surface area contributed by atoms with E-state index in [0.717, 1.165) is 12.6 Å². The normalized spacial score (nSPS) is 26.3. The Kier molecular flexibility index (Phi) is 4.06. The van der Waals surface area contributed by atoms with Gasteiger partial charge in [-0.3, -0.25) is 4.79 Å². The number of carbonyl (C=O) groups is 1. The maximum atomic E-state index is 12.2. The van der Waals surface area contributed by atoms with Gasteiger partial charge in [-0.15, -0.1) is 0 Å². The number of nitrogens with zero attached hydrogens (tertiary/aromatic N) is 2. The lowest BCUT2D eigenvalue weighted by molar-refractivity contribution is -0.0352. The van der Waals surface area contributed by atoms with E-state index in [2.05, 4.69) is 9.71 Å². The Morgan fingerprint density at radius 1 is 1.67 bits per heavy atom. The molecular weight excluding hydrogens is 302 g/mol. The van der Waals surface area contributed by atoms with Crippen LogP contribution in [0.15, 0.2) is 10.8 Å². The molecule has 0 bridgehead atoms. The highest BCUT2D eigenvalue weighted by Gasteiger charge is 2.47. The summed E-state index contributed by atoms with van der Waals surface area (Å²) in [6, 6.07) is 0. The van der Waals surface area contributed by atoms with Gasteiger partial charge in [0.15, 0.2) is 12.1 Å². The van der Waals surface area contributed by atoms with Crippen molar-refractivity contribution in [3.05, 3.63) is 17.8 Å². The van der Waals surface area contributed by atoms with Gasteiger partial charge in [0.2, 0.25) is 10.0 Å². The molecule has 1 fully saturated rings. The molecule has 3 N–H and O–H groups in total. The summed E-state index contributed by atoms with van der Waals surface area (Å²) in [7, 11) is -3.51. The van der Waals surface area contributed by atoms with Crippen LogP contribution in [0, 0.1) is 6.92 Å². The molecule has 1 aliphatic rings. The smallest absolute Gasteiger partial charge is 0.276 e. The topological polar surface area (TPSA) is 133 Å². The van der Waals surface area contributed by atoms with Crippen LogP contribution in [0.25, 0.3) is 0 Å². The summed E-state index contributed by atoms with van der Waals surface area (Å²) in [6.45, 7) is 0.869. The molecule has 0 aromatic carbocycles. The number of oxazole rings is 1. The van der Waals surface area contributed by atoms with Gasteiger partial charge in [-0.1, -0.05) is 0 Å². The fourth-order valence-corrected chi connectivity index (χ4v) is 2.64. The number of aliphatic hydroxyl groups is 2. The van der Waals surface area contributed by atoms with Crippen molar-refractivity contribution in [3.8, 4) is 0 Å². The number of hydrogen-bond donors (Lipinski definition) is 3. The summed E-state index contributed by atoms with van der Waals surface area (Å²) >= 11 is 0. The third kappa shape index (κ3) is 3.40. The van der Waals surface area contributed by atoms with Crippen molar-refractivity contribution in [2.45, 2.75) is 18.6 Å². The van der Waals surface area contributed by atoms with Gasteiger partial charge in [-0.25, -0.2) is 18.1 Å². The van der Waals surface area contributed by atoms with E-state index in [0.29, 0.717) is 5.76 Å². The van der Waals surface area contributed by atoms with Crippen LogP contribution in [0.1, 0.15) is 16.2 Å². The average molecular weight is 319 g/mol. The lowest BCUT2D eigenvalue weighted by Gasteiger charge is -2.25. The van der Waals surface area contributed by atoms with Crippen LogP contribution in [0.5, 0.6) is 0 Å². The summed E-state index contributed by atoms with van der Waals surface area (Å²) in [5, 5.41) is 20.2. The van der Waals surface area contributed by atoms with E-state index >= 15 is 0 Å². The molecule has 1 saturated heterocycles. The minimum absolute atomic E-state index is 0.0996. The molecule has 0 aliphatic carbocycles. The molecule has 2 heterocycles. The Morgan fingerprint density at radius 2 is 2.33 bits per heavy atom. The third-order valence-electron chi connectivity index (χ3n) is 3.35. The van der Waals surface area contributed by atoms with Crippen molar-refractivity contribution >= 4 is 15.9 Å². The van der Waals surface area contributed by atoms with Crippen LogP contribution in [0.2, 0.25) is 0 Å². The third-order valence-corrected chi connectivity index (χ3v) is 4.02. The van der Waals surface area contributed by atoms with Gasteiger partial charge in [0.05, 0.1) is 19.3 Å². The first kappa shape index (κ1) is 15.9. The molecule has 1 aromatic heterocycles. The molecule has 10 heteroatoms. The Balaban J connectivity index is 2.10. The van der Waals surface area contributed by atoms with Gasteiger partial charge in [0, 0.05) is 6.54 Å². The van der Waals surface area contributed by atoms with Crippen LogP contribution in [-0.4, -0.2) is 72.0 Å². The van der Waals surface area contributed by atoms with E-state index in [1.165, 1.54) is 4.90 Å². The standard InChI is InChI=1S/C11H17N3O6S/c1-7-9(12-6-20-7)10(16)14-3-8(15)11(17,5-14)4-13-21(2,18)19/h6,8,13,15,17H,3-5H2,1-2H3/t8-,11+/m1/s1. The molecular formula is C11H17N3O6S. The fraction of sp³-hybridized carbons (Fsp3) is 0.636. The molecule has 0 radical (unpaired) electrons. The lowest BCUT2D eigenvalue weighted by atomic mass is 10.0. The molecule has 21 heavy (non-hydrogen) atoms. The monoisotopic (exact) mass is 319 g/mol. The fourth-order valence-electron chi connectivity index (χ4n) is 2.12. The first-order chi connectivity index (χ1) is 9.62. The molecule has 0 spiro atoms. The summed E-state index contributed by atoms with van der Waals surface area (Å²) in [4.78, 5) is 17.2. The lowest BCUT2D eigenvalue weighted by Crippen LogP contribution is -2.51. The van der Waals surface area contributed by atoms with Crippen molar-refractivity contribution in [1.29, 1.82) is 0 Å². The zero-order chi connectivity index (χ0) is 15.8. The Labute approximate surface area is 121 Å². The molecule has 1 aromatic rings. The molecule has 0 saturated carbocycles. The Morgan fingerprint density at radius 3 is 2.86 bits per heavy atom. The van der Waals surface area contributed by atoms with E-state index in [1.54, 1.807) is 6.92 Å². The number of amides is 1. The van der Waals surface area contributed by atoms with Crippen LogP contribution in [-0.2, 0) is 10.0 Å². The van der Waals surface area contributed by atoms with Gasteiger partial charge < -0.3 is 19.5 Å². The van der Waals surface area contributed by atoms with Gasteiger partial charge in [-0.2, -0.15) is 0 Å². The number of carbonyl (C=O) groups excluding carboxylic acids is 1. The second-order valence-electron chi connectivity index (χ2n) is 5.16. The van der Waals surface area contributed by atoms with Crippen LogP contribution in [0.4, 0.5) is 0 Å². The summed E-state index contributed by atoms with van der Waals surface area (Å²) in [6.07, 6.45) is 0.814. The summed E-state index contributed by atoms with van der Waals surface area (Å²) in [5.74, 6) is -0.158. The first-order valence-corrected chi connectivity index (χ1v) is 8.06. The quantitative estimate of drug-likeness (QED) is 0.589. The molecule has 2 rings (SSSR count). The average Bonchev–Trinajstić information content (AvgIpc) is 2.91. The SMILES string of the molecule is Cc1ocnc1C(=O)N1C[C@@H](O)[C@](O)(CNS(C)(=O)=O)C1. The summed E-state index contributed by atoms with van der Waals surface area (Å²) in [5.41, 5.74) is -1.64. The van der Waals surface area contributed by atoms with E-state index in [-0.39, 0.29) is 25.3 Å². The summed E-state index contributed by atoms with van der Waals surface area (Å²) < 4.78 is 29.2. The zero-order valence-corrected chi connectivity index (χ0v) is 12.4. The van der Waals surface area contributed by atoms with Gasteiger partial charge in [-0.05, 0) is 6.92 Å². The van der Waals surface area contributed by atoms with Crippen molar-refractivity contribution in [1.82, 2.24) is 14.6 Å². The maximum Gasteiger partial charge on any atom is 0.276 e. The van der Waals surface area contributed by atoms with E-state index in [1.807, 2.05) is 0 Å². The van der Waals surface area contributed by atoms with Crippen molar-refractivity contribution < 1.29 is 27.8 Å². The number of aryl methyl sites for hydroxylation is 1. The van der Waals surface area contributed by atoms with Gasteiger partial charge >= 0.3 is 0 Å². The van der Waals surface area contributed by atoms with Gasteiger partial charge in [0.25, 0.3) is 5.91 Å². The highest BCUT2D eigenvalue weighted by atomic mass is 32.2. The number of likely N-dealkylation sites (tertiary alicyclic amines) is 1. The highest BCUT2D eigenvalue weighted by molar-refractivity contribution is 7.88. The van der Waals surface area contributed by atoms with Crippen LogP contribution < -0.4 is 4.72 Å². The molecule has 9 nitrogen and oxygen atoms in total. The number of nitrogens with one attached hydrogen (secondary N) is 1. The van der Waals surface area contributed by atoms with Crippen molar-refractivity contribution in [3.63, 3.8) is 0 Å². The van der Waals surface area contributed by atoms with E-state index < -0.39 is 27.6 Å². The number of aromatic nitrogens is 1. The molecule has 1 amide bonds. The molecule has 0 unspecified atom stereocenters. The Bertz CT molecular complexity index is 642. The number of hydrogen-bond acceptors (Lipinski definition) is 7. The zero-order valence-electron chi connectivity index (χ0n) is 11.6. The second-order valence-corrected chi connectivity index (χ2v) is 6.99. The van der Waals surface area contributed by atoms with E-state index in [4.69, 9.17) is 4.42 Å². The predicted molar refractivity (Wildman–Crippen MR) is 70.9 cm³/mol. The predicted octanol–water partition coefficient (Wildman–Crippen LogP) is -1.92. The minimum Gasteiger partial charge on any atom is -0.448 e. The molecule has 1 aliphatic heterocycles. The maximum absolute atomic E-state index is 12.2. The number of β-amino-alcohol motifs (C(OH)–C–C–N with tert-alkyl or cyclic N) is 2. The molecule has 118 valence electrons. The number of aliphatic hydroxyl groups excluding tert-OH is 1. The Hall–Kier alpha value is -1.49. The van der Waals surface area contributed by atoms with Crippen molar-refractivity contribution in [2.24, 2.45) is 0 Å². The van der Waals surface area contributed by atoms with Gasteiger partial charge in [0.1, 0.15) is 17.5 Å². The van der Waals surface area contributed by atoms with E-state index in [9.17, 15) is 23.4 Å². The van der Waals surface area contributed by atoms with Crippen molar-refractivity contribution in [2.75, 3.05) is 25.9 Å². The first-order valence-electron chi connectivity index (χ1n) is 6.17. The van der Waals surface area contributed by atoms with Crippen LogP contribution in [0.3, 0.4) is 0 Å². The second kappa shape index (κ2) is 5.37. The largest absolute Gasteiger partial charge is 0.448 e. The highest BCUT2D eigenvalue weighted by Crippen LogP contribution is 2.23. The number of sulfonamides is 1. The van der Waals surface area contributed by atoms with Crippen LogP contribution >= 0.6 is 0 Å². The molecule has 2 atom stereocenters. The minimum atomic E-state index is -3.51. The number of rotatable bonds is 4.